The Hall–Kier alpha value is -1.15. The third-order valence-corrected chi connectivity index (χ3v) is 5.63. The maximum absolute atomic E-state index is 12.4. The second-order valence-corrected chi connectivity index (χ2v) is 7.19. The van der Waals surface area contributed by atoms with E-state index in [1.807, 2.05) is 17.5 Å². The molecule has 0 radical (unpaired) electrons. The number of rotatable bonds is 6. The van der Waals surface area contributed by atoms with Gasteiger partial charge in [-0.05, 0) is 31.7 Å². The monoisotopic (exact) mass is 314 g/mol. The van der Waals surface area contributed by atoms with E-state index in [0.717, 1.165) is 4.88 Å². The summed E-state index contributed by atoms with van der Waals surface area (Å²) >= 11 is 1.61. The van der Waals surface area contributed by atoms with Gasteiger partial charge < -0.3 is 10.2 Å². The molecule has 0 saturated carbocycles. The molecule has 0 amide bonds. The molecular formula is C13H18N2O3S2. The average Bonchev–Trinajstić information content (AvgIpc) is 2.96. The van der Waals surface area contributed by atoms with Gasteiger partial charge in [0.05, 0.1) is 0 Å². The smallest absolute Gasteiger partial charge is 0.244 e. The first-order chi connectivity index (χ1) is 9.45. The molecule has 20 heavy (non-hydrogen) atoms. The Morgan fingerprint density at radius 2 is 2.10 bits per heavy atom. The van der Waals surface area contributed by atoms with Gasteiger partial charge in [-0.25, -0.2) is 13.1 Å². The average molecular weight is 314 g/mol. The van der Waals surface area contributed by atoms with Gasteiger partial charge in [-0.2, -0.15) is 0 Å². The number of nitrogens with two attached hydrogens (primary N) is 1. The minimum Gasteiger partial charge on any atom is -0.465 e. The van der Waals surface area contributed by atoms with Gasteiger partial charge in [0.15, 0.2) is 0 Å². The highest BCUT2D eigenvalue weighted by atomic mass is 32.2. The molecule has 2 heterocycles. The lowest BCUT2D eigenvalue weighted by atomic mass is 10.2. The highest BCUT2D eigenvalue weighted by molar-refractivity contribution is 7.89. The molecule has 0 aliphatic carbocycles. The van der Waals surface area contributed by atoms with E-state index in [9.17, 15) is 8.42 Å². The van der Waals surface area contributed by atoms with Crippen LogP contribution >= 0.6 is 11.3 Å². The molecule has 0 saturated heterocycles. The van der Waals surface area contributed by atoms with Gasteiger partial charge in [0.1, 0.15) is 16.4 Å². The van der Waals surface area contributed by atoms with Crippen molar-refractivity contribution < 1.29 is 12.8 Å². The highest BCUT2D eigenvalue weighted by Gasteiger charge is 2.25. The lowest BCUT2D eigenvalue weighted by Crippen LogP contribution is -2.27. The van der Waals surface area contributed by atoms with Gasteiger partial charge in [-0.15, -0.1) is 11.3 Å². The van der Waals surface area contributed by atoms with Crippen molar-refractivity contribution in [1.82, 2.24) is 4.72 Å². The molecule has 3 N–H and O–H groups in total. The molecule has 0 bridgehead atoms. The molecule has 5 nitrogen and oxygen atoms in total. The van der Waals surface area contributed by atoms with Crippen molar-refractivity contribution in [2.45, 2.75) is 31.7 Å². The third kappa shape index (κ3) is 3.12. The van der Waals surface area contributed by atoms with Gasteiger partial charge in [0, 0.05) is 23.5 Å². The zero-order valence-electron chi connectivity index (χ0n) is 11.5. The summed E-state index contributed by atoms with van der Waals surface area (Å²) in [5.74, 6) is 0.940. The quantitative estimate of drug-likeness (QED) is 0.853. The minimum absolute atomic E-state index is 0.143. The van der Waals surface area contributed by atoms with Crippen LogP contribution in [0.3, 0.4) is 0 Å². The summed E-state index contributed by atoms with van der Waals surface area (Å²) in [4.78, 5) is 1.33. The fourth-order valence-electron chi connectivity index (χ4n) is 2.13. The van der Waals surface area contributed by atoms with Gasteiger partial charge in [0.25, 0.3) is 0 Å². The summed E-state index contributed by atoms with van der Waals surface area (Å²) in [7, 11) is -3.59. The van der Waals surface area contributed by atoms with E-state index in [1.165, 1.54) is 0 Å². The lowest BCUT2D eigenvalue weighted by Gasteiger charge is -2.07. The van der Waals surface area contributed by atoms with E-state index in [0.29, 0.717) is 30.0 Å². The molecule has 110 valence electrons. The number of nitrogens with one attached hydrogen (secondary N) is 1. The van der Waals surface area contributed by atoms with Crippen LogP contribution < -0.4 is 10.5 Å². The first-order valence-electron chi connectivity index (χ1n) is 6.26. The third-order valence-electron chi connectivity index (χ3n) is 3.04. The topological polar surface area (TPSA) is 85.3 Å². The zero-order valence-corrected chi connectivity index (χ0v) is 13.1. The lowest BCUT2D eigenvalue weighted by molar-refractivity contribution is 0.494. The molecule has 0 atom stereocenters. The second-order valence-electron chi connectivity index (χ2n) is 4.45. The van der Waals surface area contributed by atoms with Crippen molar-refractivity contribution in [3.8, 4) is 0 Å². The van der Waals surface area contributed by atoms with Crippen LogP contribution in [-0.4, -0.2) is 15.0 Å². The van der Waals surface area contributed by atoms with Crippen molar-refractivity contribution in [2.75, 3.05) is 6.54 Å². The van der Waals surface area contributed by atoms with Gasteiger partial charge in [-0.3, -0.25) is 0 Å². The van der Waals surface area contributed by atoms with Crippen molar-refractivity contribution in [3.63, 3.8) is 0 Å². The number of aryl methyl sites for hydroxylation is 2. The van der Waals surface area contributed by atoms with Crippen molar-refractivity contribution in [3.05, 3.63) is 39.5 Å². The van der Waals surface area contributed by atoms with Crippen LogP contribution in [0.5, 0.6) is 0 Å². The second kappa shape index (κ2) is 6.09. The maximum atomic E-state index is 12.4. The molecule has 0 aliphatic heterocycles. The standard InChI is InChI=1S/C13H18N2O3S2/c1-9-12(8-14)13(10(2)18-9)20(16,17)15-6-5-11-4-3-7-19-11/h3-4,7,15H,5-6,8,14H2,1-2H3. The molecule has 0 aliphatic rings. The van der Waals surface area contributed by atoms with E-state index in [4.69, 9.17) is 10.2 Å². The van der Waals surface area contributed by atoms with Crippen LogP contribution in [0.15, 0.2) is 26.8 Å². The molecule has 2 aromatic rings. The molecule has 0 aromatic carbocycles. The van der Waals surface area contributed by atoms with E-state index in [-0.39, 0.29) is 11.4 Å². The largest absolute Gasteiger partial charge is 0.465 e. The van der Waals surface area contributed by atoms with E-state index in [1.54, 1.807) is 25.2 Å². The fraction of sp³-hybridized carbons (Fsp3) is 0.385. The Kier molecular flexibility index (Phi) is 4.64. The molecule has 2 aromatic heterocycles. The van der Waals surface area contributed by atoms with Gasteiger partial charge in [0.2, 0.25) is 10.0 Å². The summed E-state index contributed by atoms with van der Waals surface area (Å²) in [6.07, 6.45) is 0.671. The van der Waals surface area contributed by atoms with Crippen LogP contribution in [0.25, 0.3) is 0 Å². The molecule has 2 rings (SSSR count). The molecule has 0 spiro atoms. The molecule has 0 fully saturated rings. The zero-order chi connectivity index (χ0) is 14.8. The van der Waals surface area contributed by atoms with Crippen LogP contribution in [0, 0.1) is 13.8 Å². The number of hydrogen-bond acceptors (Lipinski definition) is 5. The summed E-state index contributed by atoms with van der Waals surface area (Å²) in [5.41, 5.74) is 6.16. The Labute approximate surface area is 122 Å². The van der Waals surface area contributed by atoms with Crippen molar-refractivity contribution in [2.24, 2.45) is 5.73 Å². The van der Waals surface area contributed by atoms with Crippen molar-refractivity contribution >= 4 is 21.4 Å². The number of sulfonamides is 1. The summed E-state index contributed by atoms with van der Waals surface area (Å²) < 4.78 is 32.7. The Balaban J connectivity index is 2.14. The maximum Gasteiger partial charge on any atom is 0.244 e. The predicted octanol–water partition coefficient (Wildman–Crippen LogP) is 1.94. The number of thiophene rings is 1. The fourth-order valence-corrected chi connectivity index (χ4v) is 4.33. The predicted molar refractivity (Wildman–Crippen MR) is 79.3 cm³/mol. The normalized spacial score (nSPS) is 11.9. The van der Waals surface area contributed by atoms with E-state index >= 15 is 0 Å². The first kappa shape index (κ1) is 15.2. The summed E-state index contributed by atoms with van der Waals surface area (Å²) in [6, 6.07) is 3.93. The van der Waals surface area contributed by atoms with Crippen LogP contribution in [0.2, 0.25) is 0 Å². The summed E-state index contributed by atoms with van der Waals surface area (Å²) in [6.45, 7) is 3.86. The molecule has 0 unspecified atom stereocenters. The Bertz CT molecular complexity index is 673. The van der Waals surface area contributed by atoms with Gasteiger partial charge >= 0.3 is 0 Å². The van der Waals surface area contributed by atoms with E-state index < -0.39 is 10.0 Å². The van der Waals surface area contributed by atoms with E-state index in [2.05, 4.69) is 4.72 Å². The van der Waals surface area contributed by atoms with Crippen molar-refractivity contribution in [1.29, 1.82) is 0 Å². The SMILES string of the molecule is Cc1oc(C)c(S(=O)(=O)NCCc2cccs2)c1CN. The highest BCUT2D eigenvalue weighted by Crippen LogP contribution is 2.25. The van der Waals surface area contributed by atoms with Crippen LogP contribution in [0.4, 0.5) is 0 Å². The number of hydrogen-bond donors (Lipinski definition) is 2. The minimum atomic E-state index is -3.59. The first-order valence-corrected chi connectivity index (χ1v) is 8.63. The van der Waals surface area contributed by atoms with Crippen LogP contribution in [0.1, 0.15) is 22.0 Å². The molecular weight excluding hydrogens is 296 g/mol. The Morgan fingerprint density at radius 3 is 2.70 bits per heavy atom. The Morgan fingerprint density at radius 1 is 1.35 bits per heavy atom. The summed E-state index contributed by atoms with van der Waals surface area (Å²) in [5, 5.41) is 1.97. The number of furan rings is 1. The van der Waals surface area contributed by atoms with Crippen LogP contribution in [-0.2, 0) is 23.0 Å². The van der Waals surface area contributed by atoms with Gasteiger partial charge in [-0.1, -0.05) is 6.07 Å². The molecule has 7 heteroatoms.